The van der Waals surface area contributed by atoms with Gasteiger partial charge in [0.05, 0.1) is 51.0 Å². The minimum atomic E-state index is -0.931. The van der Waals surface area contributed by atoms with Gasteiger partial charge in [-0.2, -0.15) is 5.06 Å². The monoisotopic (exact) mass is 397 g/mol. The fourth-order valence-corrected chi connectivity index (χ4v) is 7.46. The number of carbonyl (C=O) groups is 2. The van der Waals surface area contributed by atoms with Crippen LogP contribution < -0.4 is 0 Å². The van der Waals surface area contributed by atoms with Gasteiger partial charge in [-0.1, -0.05) is 23.2 Å². The highest BCUT2D eigenvalue weighted by atomic mass is 35.5. The van der Waals surface area contributed by atoms with E-state index in [0.29, 0.717) is 16.5 Å². The number of nitrogens with zero attached hydrogens (tertiary/aromatic N) is 1. The maximum atomic E-state index is 12.5. The summed E-state index contributed by atoms with van der Waals surface area (Å²) in [5.41, 5.74) is 0. The molecule has 0 aromatic carbocycles. The van der Waals surface area contributed by atoms with Crippen LogP contribution in [0.3, 0.4) is 0 Å². The van der Waals surface area contributed by atoms with Gasteiger partial charge >= 0.3 is 0 Å². The first-order valence-corrected chi connectivity index (χ1v) is 8.80. The summed E-state index contributed by atoms with van der Waals surface area (Å²) in [5, 5.41) is 1.49. The van der Waals surface area contributed by atoms with Gasteiger partial charge in [0.2, 0.25) is 0 Å². The zero-order valence-electron chi connectivity index (χ0n) is 11.8. The standard InChI is InChI=1S/C14H11Cl4NO4/c1-22-19-11(20)3-4(12(19)21)8-6-5(7(3)23-8)13(17)2-14(6,18)10(16)9(13)15/h3-8H,2H2,1H3/t3-,4-,5+,6+,7+,8+,13+,14+/m1/s1. The highest BCUT2D eigenvalue weighted by molar-refractivity contribution is 6.51. The highest BCUT2D eigenvalue weighted by Crippen LogP contribution is 2.75. The number of fused-ring (bicyclic) bond motifs is 12. The molecule has 8 atom stereocenters. The van der Waals surface area contributed by atoms with Gasteiger partial charge in [-0.3, -0.25) is 14.4 Å². The van der Waals surface area contributed by atoms with E-state index in [1.54, 1.807) is 0 Å². The Balaban J connectivity index is 1.65. The molecule has 3 heterocycles. The molecule has 23 heavy (non-hydrogen) atoms. The summed E-state index contributed by atoms with van der Waals surface area (Å²) in [4.78, 5) is 28.1. The topological polar surface area (TPSA) is 55.8 Å². The minimum Gasteiger partial charge on any atom is -0.373 e. The Kier molecular flexibility index (Phi) is 2.78. The van der Waals surface area contributed by atoms with E-state index in [1.807, 2.05) is 0 Å². The van der Waals surface area contributed by atoms with Gasteiger partial charge in [0.25, 0.3) is 11.8 Å². The quantitative estimate of drug-likeness (QED) is 0.502. The summed E-state index contributed by atoms with van der Waals surface area (Å²) in [5.74, 6) is -2.43. The van der Waals surface area contributed by atoms with Crippen LogP contribution in [0.15, 0.2) is 10.1 Å². The number of hydroxylamine groups is 2. The van der Waals surface area contributed by atoms with Gasteiger partial charge in [-0.15, -0.1) is 23.2 Å². The van der Waals surface area contributed by atoms with Crippen molar-refractivity contribution < 1.29 is 19.2 Å². The van der Waals surface area contributed by atoms with Crippen LogP contribution in [0.2, 0.25) is 0 Å². The van der Waals surface area contributed by atoms with Crippen LogP contribution in [0.4, 0.5) is 0 Å². The first-order chi connectivity index (χ1) is 10.8. The lowest BCUT2D eigenvalue weighted by Gasteiger charge is -2.40. The number of amides is 2. The smallest absolute Gasteiger partial charge is 0.260 e. The van der Waals surface area contributed by atoms with Crippen LogP contribution in [-0.2, 0) is 19.2 Å². The second-order valence-corrected chi connectivity index (χ2v) is 8.96. The van der Waals surface area contributed by atoms with Crippen LogP contribution in [0.25, 0.3) is 0 Å². The number of allylic oxidation sites excluding steroid dienone is 2. The van der Waals surface area contributed by atoms with Gasteiger partial charge in [-0.05, 0) is 6.42 Å². The molecule has 5 aliphatic rings. The molecule has 0 spiro atoms. The lowest BCUT2D eigenvalue weighted by Crippen LogP contribution is -2.50. The molecule has 4 bridgehead atoms. The number of ether oxygens (including phenoxy) is 1. The Labute approximate surface area is 151 Å². The minimum absolute atomic E-state index is 0.239. The van der Waals surface area contributed by atoms with Crippen molar-refractivity contribution in [3.8, 4) is 0 Å². The van der Waals surface area contributed by atoms with Crippen LogP contribution >= 0.6 is 46.4 Å². The number of halogens is 4. The Morgan fingerprint density at radius 2 is 1.48 bits per heavy atom. The summed E-state index contributed by atoms with van der Waals surface area (Å²) in [6, 6.07) is 0. The fraction of sp³-hybridized carbons (Fsp3) is 0.714. The zero-order valence-corrected chi connectivity index (χ0v) is 14.8. The van der Waals surface area contributed by atoms with E-state index in [9.17, 15) is 9.59 Å². The average Bonchev–Trinajstić information content (AvgIpc) is 3.21. The van der Waals surface area contributed by atoms with Gasteiger partial charge in [0.1, 0.15) is 0 Å². The van der Waals surface area contributed by atoms with Crippen molar-refractivity contribution in [3.05, 3.63) is 10.1 Å². The van der Waals surface area contributed by atoms with Crippen molar-refractivity contribution in [2.45, 2.75) is 28.4 Å². The fourth-order valence-electron chi connectivity index (χ4n) is 5.44. The number of alkyl halides is 2. The van der Waals surface area contributed by atoms with Gasteiger partial charge in [-0.25, -0.2) is 0 Å². The molecule has 0 aromatic rings. The second-order valence-electron chi connectivity index (χ2n) is 6.85. The van der Waals surface area contributed by atoms with E-state index in [1.165, 1.54) is 7.11 Å². The van der Waals surface area contributed by atoms with Crippen molar-refractivity contribution in [1.82, 2.24) is 5.06 Å². The van der Waals surface area contributed by atoms with Crippen molar-refractivity contribution in [2.24, 2.45) is 23.7 Å². The largest absolute Gasteiger partial charge is 0.373 e. The molecule has 4 fully saturated rings. The molecule has 0 unspecified atom stereocenters. The third-order valence-corrected chi connectivity index (χ3v) is 8.64. The van der Waals surface area contributed by atoms with E-state index < -0.39 is 33.8 Å². The molecular weight excluding hydrogens is 388 g/mol. The maximum absolute atomic E-state index is 12.5. The normalized spacial score (nSPS) is 56.1. The molecule has 124 valence electrons. The Morgan fingerprint density at radius 1 is 1.04 bits per heavy atom. The van der Waals surface area contributed by atoms with E-state index >= 15 is 0 Å². The first kappa shape index (κ1) is 15.2. The predicted molar refractivity (Wildman–Crippen MR) is 82.0 cm³/mol. The van der Waals surface area contributed by atoms with Crippen LogP contribution in [0, 0.1) is 23.7 Å². The van der Waals surface area contributed by atoms with E-state index in [0.717, 1.165) is 5.06 Å². The number of rotatable bonds is 1. The van der Waals surface area contributed by atoms with Gasteiger partial charge in [0, 0.05) is 11.8 Å². The van der Waals surface area contributed by atoms with E-state index in [-0.39, 0.29) is 23.7 Å². The lowest BCUT2D eigenvalue weighted by molar-refractivity contribution is -0.184. The van der Waals surface area contributed by atoms with Crippen molar-refractivity contribution in [1.29, 1.82) is 0 Å². The van der Waals surface area contributed by atoms with E-state index in [4.69, 9.17) is 56.0 Å². The van der Waals surface area contributed by atoms with Crippen molar-refractivity contribution in [3.63, 3.8) is 0 Å². The molecule has 5 rings (SSSR count). The highest BCUT2D eigenvalue weighted by Gasteiger charge is 2.81. The maximum Gasteiger partial charge on any atom is 0.260 e. The summed E-state index contributed by atoms with van der Waals surface area (Å²) in [6.07, 6.45) is -0.603. The van der Waals surface area contributed by atoms with Crippen LogP contribution in [0.5, 0.6) is 0 Å². The SMILES string of the molecule is CON1C(=O)[C@H]2[C@@H]3O[C@@H]([C@@H]2C1=O)[C@@H]1[C@@H]3[C@@]2(Cl)C[C@@]1(Cl)C(Cl)=C2Cl. The van der Waals surface area contributed by atoms with Crippen molar-refractivity contribution in [2.75, 3.05) is 7.11 Å². The van der Waals surface area contributed by atoms with Crippen LogP contribution in [0.1, 0.15) is 6.42 Å². The first-order valence-electron chi connectivity index (χ1n) is 7.29. The van der Waals surface area contributed by atoms with Gasteiger partial charge < -0.3 is 4.74 Å². The third kappa shape index (κ3) is 1.37. The molecule has 3 aliphatic heterocycles. The molecule has 9 heteroatoms. The Hall–Kier alpha value is -0.0400. The lowest BCUT2D eigenvalue weighted by atomic mass is 9.65. The Bertz CT molecular complexity index is 659. The summed E-state index contributed by atoms with van der Waals surface area (Å²) in [6.45, 7) is 0. The molecule has 1 saturated carbocycles. The second kappa shape index (κ2) is 4.19. The summed E-state index contributed by atoms with van der Waals surface area (Å²) >= 11 is 26.3. The number of hydrogen-bond donors (Lipinski definition) is 0. The summed E-state index contributed by atoms with van der Waals surface area (Å²) < 4.78 is 6.01. The third-order valence-electron chi connectivity index (χ3n) is 6.15. The molecule has 3 saturated heterocycles. The molecular formula is C14H11Cl4NO4. The predicted octanol–water partition coefficient (Wildman–Crippen LogP) is 2.22. The number of imide groups is 1. The zero-order chi connectivity index (χ0) is 16.5. The number of carbonyl (C=O) groups excluding carboxylic acids is 2. The molecule has 2 amide bonds. The number of hydrogen-bond acceptors (Lipinski definition) is 4. The summed E-state index contributed by atoms with van der Waals surface area (Å²) in [7, 11) is 1.30. The molecule has 0 N–H and O–H groups in total. The molecule has 2 aliphatic carbocycles. The average molecular weight is 399 g/mol. The van der Waals surface area contributed by atoms with Gasteiger partial charge in [0.15, 0.2) is 0 Å². The Morgan fingerprint density at radius 3 is 1.87 bits per heavy atom. The van der Waals surface area contributed by atoms with E-state index in [2.05, 4.69) is 0 Å². The molecule has 0 aromatic heterocycles. The van der Waals surface area contributed by atoms with Crippen LogP contribution in [-0.4, -0.2) is 45.9 Å². The molecule has 0 radical (unpaired) electrons. The molecule has 5 nitrogen and oxygen atoms in total. The van der Waals surface area contributed by atoms with Crippen molar-refractivity contribution >= 4 is 58.2 Å².